The van der Waals surface area contributed by atoms with Crippen molar-refractivity contribution in [2.75, 3.05) is 33.9 Å². The van der Waals surface area contributed by atoms with E-state index in [0.29, 0.717) is 19.1 Å². The Hall–Kier alpha value is -1.40. The minimum atomic E-state index is -0.130. The maximum absolute atomic E-state index is 12.6. The van der Waals surface area contributed by atoms with Crippen molar-refractivity contribution >= 4 is 23.2 Å². The van der Waals surface area contributed by atoms with Gasteiger partial charge in [-0.3, -0.25) is 9.59 Å². The monoisotopic (exact) mass is 338 g/mol. The lowest BCUT2D eigenvalue weighted by molar-refractivity contribution is -0.121. The number of rotatable bonds is 7. The minimum Gasteiger partial charge on any atom is -0.385 e. The molecule has 0 fully saturated rings. The van der Waals surface area contributed by atoms with Gasteiger partial charge in [-0.25, -0.2) is 0 Å². The Morgan fingerprint density at radius 1 is 1.48 bits per heavy atom. The first kappa shape index (κ1) is 17.9. The van der Waals surface area contributed by atoms with Gasteiger partial charge in [0.05, 0.1) is 12.1 Å². The SMILES string of the molecule is COCCCNC(=O)CN(C)C(=O)c1csc2c1CCC(C)C2. The Morgan fingerprint density at radius 2 is 2.26 bits per heavy atom. The first-order chi connectivity index (χ1) is 11.0. The molecule has 1 atom stereocenters. The van der Waals surface area contributed by atoms with Crippen LogP contribution in [0.3, 0.4) is 0 Å². The van der Waals surface area contributed by atoms with Crippen LogP contribution in [0, 0.1) is 5.92 Å². The zero-order chi connectivity index (χ0) is 16.8. The number of methoxy groups -OCH3 is 1. The average molecular weight is 338 g/mol. The van der Waals surface area contributed by atoms with Crippen molar-refractivity contribution in [3.8, 4) is 0 Å². The summed E-state index contributed by atoms with van der Waals surface area (Å²) in [5.41, 5.74) is 1.98. The normalized spacial score (nSPS) is 16.7. The Morgan fingerprint density at radius 3 is 3.00 bits per heavy atom. The number of carbonyl (C=O) groups excluding carboxylic acids is 2. The van der Waals surface area contributed by atoms with Crippen LogP contribution in [0.2, 0.25) is 0 Å². The van der Waals surface area contributed by atoms with E-state index in [0.717, 1.165) is 31.2 Å². The lowest BCUT2D eigenvalue weighted by Gasteiger charge is -2.21. The van der Waals surface area contributed by atoms with Crippen molar-refractivity contribution in [1.82, 2.24) is 10.2 Å². The van der Waals surface area contributed by atoms with Crippen LogP contribution in [0.15, 0.2) is 5.38 Å². The largest absolute Gasteiger partial charge is 0.385 e. The van der Waals surface area contributed by atoms with Gasteiger partial charge in [0.15, 0.2) is 0 Å². The number of hydrogen-bond acceptors (Lipinski definition) is 4. The van der Waals surface area contributed by atoms with Crippen LogP contribution in [-0.4, -0.2) is 50.6 Å². The molecule has 5 nitrogen and oxygen atoms in total. The van der Waals surface area contributed by atoms with Crippen LogP contribution in [0.5, 0.6) is 0 Å². The van der Waals surface area contributed by atoms with Gasteiger partial charge in [0.25, 0.3) is 5.91 Å². The molecule has 1 N–H and O–H groups in total. The molecular weight excluding hydrogens is 312 g/mol. The number of fused-ring (bicyclic) bond motifs is 1. The van der Waals surface area contributed by atoms with Crippen molar-refractivity contribution in [2.24, 2.45) is 5.92 Å². The number of nitrogens with one attached hydrogen (secondary N) is 1. The van der Waals surface area contributed by atoms with Gasteiger partial charge in [-0.05, 0) is 37.2 Å². The standard InChI is InChI=1S/C17H26N2O3S/c1-12-5-6-13-14(11-23-15(13)9-12)17(21)19(2)10-16(20)18-7-4-8-22-3/h11-12H,4-10H2,1-3H3,(H,18,20). The molecule has 0 radical (unpaired) electrons. The van der Waals surface area contributed by atoms with Gasteiger partial charge in [-0.1, -0.05) is 6.92 Å². The molecule has 2 rings (SSSR count). The van der Waals surface area contributed by atoms with Crippen molar-refractivity contribution in [1.29, 1.82) is 0 Å². The fourth-order valence-corrected chi connectivity index (χ4v) is 4.09. The lowest BCUT2D eigenvalue weighted by Crippen LogP contribution is -2.39. The minimum absolute atomic E-state index is 0.0518. The Kier molecular flexibility index (Phi) is 6.59. The van der Waals surface area contributed by atoms with Crippen molar-refractivity contribution < 1.29 is 14.3 Å². The molecule has 0 saturated carbocycles. The number of hydrogen-bond donors (Lipinski definition) is 1. The van der Waals surface area contributed by atoms with Crippen LogP contribution in [0.4, 0.5) is 0 Å². The van der Waals surface area contributed by atoms with Gasteiger partial charge in [0.2, 0.25) is 5.91 Å². The maximum atomic E-state index is 12.6. The zero-order valence-electron chi connectivity index (χ0n) is 14.2. The van der Waals surface area contributed by atoms with Gasteiger partial charge in [0, 0.05) is 37.6 Å². The van der Waals surface area contributed by atoms with Crippen LogP contribution >= 0.6 is 11.3 Å². The van der Waals surface area contributed by atoms with Crippen molar-refractivity contribution in [3.05, 3.63) is 21.4 Å². The second-order valence-corrected chi connectivity index (χ2v) is 7.22. The summed E-state index contributed by atoms with van der Waals surface area (Å²) in [7, 11) is 3.32. The second kappa shape index (κ2) is 8.45. The summed E-state index contributed by atoms with van der Waals surface area (Å²) in [5, 5.41) is 4.76. The molecule has 0 aromatic carbocycles. The van der Waals surface area contributed by atoms with E-state index in [1.165, 1.54) is 15.3 Å². The highest BCUT2D eigenvalue weighted by Gasteiger charge is 2.25. The van der Waals surface area contributed by atoms with Gasteiger partial charge in [0.1, 0.15) is 0 Å². The highest BCUT2D eigenvalue weighted by molar-refractivity contribution is 7.10. The number of carbonyl (C=O) groups is 2. The van der Waals surface area contributed by atoms with Crippen molar-refractivity contribution in [2.45, 2.75) is 32.6 Å². The number of nitrogens with zero attached hydrogens (tertiary/aromatic N) is 1. The Labute approximate surface area is 142 Å². The third-order valence-electron chi connectivity index (χ3n) is 4.21. The molecule has 23 heavy (non-hydrogen) atoms. The second-order valence-electron chi connectivity index (χ2n) is 6.26. The summed E-state index contributed by atoms with van der Waals surface area (Å²) in [6, 6.07) is 0. The summed E-state index contributed by atoms with van der Waals surface area (Å²) < 4.78 is 4.94. The highest BCUT2D eigenvalue weighted by Crippen LogP contribution is 2.33. The topological polar surface area (TPSA) is 58.6 Å². The van der Waals surface area contributed by atoms with Gasteiger partial charge >= 0.3 is 0 Å². The van der Waals surface area contributed by atoms with Gasteiger partial charge in [-0.2, -0.15) is 0 Å². The van der Waals surface area contributed by atoms with E-state index in [-0.39, 0.29) is 18.4 Å². The third kappa shape index (κ3) is 4.78. The van der Waals surface area contributed by atoms with E-state index < -0.39 is 0 Å². The molecule has 6 heteroatoms. The first-order valence-corrected chi connectivity index (χ1v) is 9.01. The fraction of sp³-hybridized carbons (Fsp3) is 0.647. The predicted molar refractivity (Wildman–Crippen MR) is 92.0 cm³/mol. The van der Waals surface area contributed by atoms with Crippen LogP contribution in [0.25, 0.3) is 0 Å². The molecule has 128 valence electrons. The van der Waals surface area contributed by atoms with E-state index >= 15 is 0 Å². The number of thiophene rings is 1. The summed E-state index contributed by atoms with van der Waals surface area (Å²) in [6.45, 7) is 3.53. The van der Waals surface area contributed by atoms with E-state index in [4.69, 9.17) is 4.74 Å². The average Bonchev–Trinajstić information content (AvgIpc) is 2.93. The Bertz CT molecular complexity index is 556. The summed E-state index contributed by atoms with van der Waals surface area (Å²) in [5.74, 6) is 0.512. The maximum Gasteiger partial charge on any atom is 0.255 e. The number of likely N-dealkylation sites (N-methyl/N-ethyl adjacent to an activating group) is 1. The van der Waals surface area contributed by atoms with E-state index in [9.17, 15) is 9.59 Å². The van der Waals surface area contributed by atoms with E-state index in [1.807, 2.05) is 5.38 Å². The fourth-order valence-electron chi connectivity index (χ4n) is 2.85. The third-order valence-corrected chi connectivity index (χ3v) is 5.26. The quantitative estimate of drug-likeness (QED) is 0.775. The molecule has 1 heterocycles. The Balaban J connectivity index is 1.89. The molecule has 0 bridgehead atoms. The summed E-state index contributed by atoms with van der Waals surface area (Å²) in [4.78, 5) is 27.3. The zero-order valence-corrected chi connectivity index (χ0v) is 15.0. The highest BCUT2D eigenvalue weighted by atomic mass is 32.1. The summed E-state index contributed by atoms with van der Waals surface area (Å²) in [6.07, 6.45) is 3.94. The van der Waals surface area contributed by atoms with Crippen LogP contribution in [0.1, 0.15) is 40.6 Å². The predicted octanol–water partition coefficient (Wildman–Crippen LogP) is 2.10. The van der Waals surface area contributed by atoms with Crippen molar-refractivity contribution in [3.63, 3.8) is 0 Å². The molecule has 0 spiro atoms. The molecule has 1 unspecified atom stereocenters. The summed E-state index contributed by atoms with van der Waals surface area (Å²) >= 11 is 1.68. The molecule has 1 aliphatic rings. The molecule has 1 aromatic heterocycles. The number of amides is 2. The van der Waals surface area contributed by atoms with Gasteiger partial charge in [-0.15, -0.1) is 11.3 Å². The molecule has 0 saturated heterocycles. The van der Waals surface area contributed by atoms with E-state index in [1.54, 1.807) is 25.5 Å². The molecule has 2 amide bonds. The number of ether oxygens (including phenoxy) is 1. The van der Waals surface area contributed by atoms with Gasteiger partial charge < -0.3 is 15.0 Å². The molecule has 0 aliphatic heterocycles. The smallest absolute Gasteiger partial charge is 0.255 e. The van der Waals surface area contributed by atoms with Crippen LogP contribution < -0.4 is 5.32 Å². The first-order valence-electron chi connectivity index (χ1n) is 8.13. The van der Waals surface area contributed by atoms with Crippen LogP contribution in [-0.2, 0) is 22.4 Å². The van der Waals surface area contributed by atoms with E-state index in [2.05, 4.69) is 12.2 Å². The molecule has 1 aliphatic carbocycles. The molecular formula is C17H26N2O3S. The lowest BCUT2D eigenvalue weighted by atomic mass is 9.88. The molecule has 1 aromatic rings.